The first-order valence-electron chi connectivity index (χ1n) is 8.59. The van der Waals surface area contributed by atoms with E-state index in [4.69, 9.17) is 0 Å². The lowest BCUT2D eigenvalue weighted by Gasteiger charge is -2.10. The number of nitrogens with zero attached hydrogens (tertiary/aromatic N) is 2. The van der Waals surface area contributed by atoms with E-state index in [0.717, 1.165) is 22.3 Å². The number of nitrogens with one attached hydrogen (secondary N) is 2. The van der Waals surface area contributed by atoms with Crippen molar-refractivity contribution in [2.24, 2.45) is 0 Å². The fourth-order valence-electron chi connectivity index (χ4n) is 2.97. The molecule has 2 amide bonds. The van der Waals surface area contributed by atoms with Crippen LogP contribution in [-0.4, -0.2) is 16.0 Å². The Balaban J connectivity index is 1.34. The summed E-state index contributed by atoms with van der Waals surface area (Å²) in [6, 6.07) is 16.1. The van der Waals surface area contributed by atoms with Gasteiger partial charge < -0.3 is 10.6 Å². The minimum Gasteiger partial charge on any atom is -0.334 e. The van der Waals surface area contributed by atoms with Crippen molar-refractivity contribution in [3.8, 4) is 0 Å². The second kappa shape index (κ2) is 6.89. The fourth-order valence-corrected chi connectivity index (χ4v) is 2.97. The molecule has 0 unspecified atom stereocenters. The van der Waals surface area contributed by atoms with Gasteiger partial charge in [-0.2, -0.15) is 0 Å². The van der Waals surface area contributed by atoms with E-state index in [1.165, 1.54) is 18.2 Å². The first-order chi connectivity index (χ1) is 12.3. The number of hydrogen-bond donors (Lipinski definition) is 2. The lowest BCUT2D eigenvalue weighted by molar-refractivity contribution is 0.240. The van der Waals surface area contributed by atoms with Crippen molar-refractivity contribution in [3.63, 3.8) is 0 Å². The van der Waals surface area contributed by atoms with Crippen LogP contribution in [0.5, 0.6) is 0 Å². The van der Waals surface area contributed by atoms with Gasteiger partial charge in [0.15, 0.2) is 0 Å². The van der Waals surface area contributed by atoms with Crippen LogP contribution in [0, 0.1) is 0 Å². The van der Waals surface area contributed by atoms with Crippen molar-refractivity contribution < 1.29 is 4.79 Å². The topological polar surface area (TPSA) is 66.9 Å². The van der Waals surface area contributed by atoms with E-state index in [0.29, 0.717) is 19.0 Å². The largest absolute Gasteiger partial charge is 0.334 e. The second-order valence-corrected chi connectivity index (χ2v) is 6.38. The van der Waals surface area contributed by atoms with Gasteiger partial charge in [-0.3, -0.25) is 0 Å². The van der Waals surface area contributed by atoms with Gasteiger partial charge in [0.1, 0.15) is 6.33 Å². The Labute approximate surface area is 146 Å². The normalized spacial score (nSPS) is 13.6. The van der Waals surface area contributed by atoms with Crippen LogP contribution in [0.25, 0.3) is 10.8 Å². The van der Waals surface area contributed by atoms with E-state index in [2.05, 4.69) is 38.8 Å². The third-order valence-electron chi connectivity index (χ3n) is 4.49. The summed E-state index contributed by atoms with van der Waals surface area (Å²) < 4.78 is 0. The van der Waals surface area contributed by atoms with Crippen molar-refractivity contribution in [1.82, 2.24) is 20.6 Å². The third kappa shape index (κ3) is 3.76. The molecule has 5 heteroatoms. The molecule has 1 aliphatic rings. The van der Waals surface area contributed by atoms with Gasteiger partial charge in [-0.25, -0.2) is 14.8 Å². The summed E-state index contributed by atoms with van der Waals surface area (Å²) in [6.07, 6.45) is 3.99. The van der Waals surface area contributed by atoms with E-state index in [1.807, 2.05) is 30.3 Å². The lowest BCUT2D eigenvalue weighted by Crippen LogP contribution is -2.34. The van der Waals surface area contributed by atoms with Crippen LogP contribution >= 0.6 is 0 Å². The van der Waals surface area contributed by atoms with E-state index >= 15 is 0 Å². The van der Waals surface area contributed by atoms with E-state index in [1.54, 1.807) is 6.33 Å². The summed E-state index contributed by atoms with van der Waals surface area (Å²) in [7, 11) is 0. The van der Waals surface area contributed by atoms with Gasteiger partial charge in [-0.1, -0.05) is 42.5 Å². The Hall–Kier alpha value is -2.95. The summed E-state index contributed by atoms with van der Waals surface area (Å²) in [5.74, 6) is 0.585. The highest BCUT2D eigenvalue weighted by Gasteiger charge is 2.25. The molecule has 0 radical (unpaired) electrons. The zero-order chi connectivity index (χ0) is 17.1. The summed E-state index contributed by atoms with van der Waals surface area (Å²) in [6.45, 7) is 0.897. The van der Waals surface area contributed by atoms with Crippen molar-refractivity contribution in [2.75, 3.05) is 0 Å². The van der Waals surface area contributed by atoms with Crippen LogP contribution in [0.1, 0.15) is 35.7 Å². The predicted molar refractivity (Wildman–Crippen MR) is 97.0 cm³/mol. The molecule has 4 rings (SSSR count). The zero-order valence-electron chi connectivity index (χ0n) is 13.9. The van der Waals surface area contributed by atoms with E-state index in [-0.39, 0.29) is 6.03 Å². The third-order valence-corrected chi connectivity index (χ3v) is 4.49. The molecule has 25 heavy (non-hydrogen) atoms. The average molecular weight is 332 g/mol. The molecule has 0 saturated heterocycles. The van der Waals surface area contributed by atoms with Gasteiger partial charge in [0.05, 0.1) is 12.2 Å². The molecule has 1 fully saturated rings. The monoisotopic (exact) mass is 332 g/mol. The van der Waals surface area contributed by atoms with Crippen molar-refractivity contribution in [2.45, 2.75) is 31.8 Å². The van der Waals surface area contributed by atoms with Crippen molar-refractivity contribution >= 4 is 16.8 Å². The standard InChI is InChI=1S/C20H20N4O/c25-20(22-12-17-10-19(15-8-9-15)24-13-23-17)21-11-16-6-3-5-14-4-1-2-7-18(14)16/h1-7,10,13,15H,8-9,11-12H2,(H2,21,22,25). The van der Waals surface area contributed by atoms with Gasteiger partial charge in [0.2, 0.25) is 0 Å². The number of amides is 2. The van der Waals surface area contributed by atoms with Crippen LogP contribution in [0.3, 0.4) is 0 Å². The number of carbonyl (C=O) groups is 1. The Morgan fingerprint density at radius 3 is 2.68 bits per heavy atom. The highest BCUT2D eigenvalue weighted by molar-refractivity contribution is 5.86. The van der Waals surface area contributed by atoms with Crippen molar-refractivity contribution in [1.29, 1.82) is 0 Å². The second-order valence-electron chi connectivity index (χ2n) is 6.38. The molecular formula is C20H20N4O. The molecule has 1 saturated carbocycles. The average Bonchev–Trinajstić information content (AvgIpc) is 3.50. The maximum Gasteiger partial charge on any atom is 0.315 e. The van der Waals surface area contributed by atoms with Crippen LogP contribution < -0.4 is 10.6 Å². The number of aromatic nitrogens is 2. The first-order valence-corrected chi connectivity index (χ1v) is 8.59. The van der Waals surface area contributed by atoms with Gasteiger partial charge in [-0.15, -0.1) is 0 Å². The van der Waals surface area contributed by atoms with Gasteiger partial charge in [0, 0.05) is 18.2 Å². The molecular weight excluding hydrogens is 312 g/mol. The summed E-state index contributed by atoms with van der Waals surface area (Å²) >= 11 is 0. The van der Waals surface area contributed by atoms with Gasteiger partial charge in [0.25, 0.3) is 0 Å². The highest BCUT2D eigenvalue weighted by Crippen LogP contribution is 2.38. The number of fused-ring (bicyclic) bond motifs is 1. The Morgan fingerprint density at radius 2 is 1.80 bits per heavy atom. The van der Waals surface area contributed by atoms with Crippen LogP contribution in [0.4, 0.5) is 4.79 Å². The summed E-state index contributed by atoms with van der Waals surface area (Å²) in [5, 5.41) is 8.12. The molecule has 1 heterocycles. The fraction of sp³-hybridized carbons (Fsp3) is 0.250. The Morgan fingerprint density at radius 1 is 1.00 bits per heavy atom. The molecule has 126 valence electrons. The first kappa shape index (κ1) is 15.6. The SMILES string of the molecule is O=C(NCc1cc(C2CC2)ncn1)NCc1cccc2ccccc12. The maximum absolute atomic E-state index is 12.1. The Bertz CT molecular complexity index is 900. The smallest absolute Gasteiger partial charge is 0.315 e. The predicted octanol–water partition coefficient (Wildman–Crippen LogP) is 3.51. The Kier molecular flexibility index (Phi) is 4.29. The van der Waals surface area contributed by atoms with E-state index < -0.39 is 0 Å². The molecule has 0 spiro atoms. The quantitative estimate of drug-likeness (QED) is 0.751. The molecule has 0 aliphatic heterocycles. The number of benzene rings is 2. The maximum atomic E-state index is 12.1. The number of hydrogen-bond acceptors (Lipinski definition) is 3. The summed E-state index contributed by atoms with van der Waals surface area (Å²) in [4.78, 5) is 20.6. The van der Waals surface area contributed by atoms with Crippen molar-refractivity contribution in [3.05, 3.63) is 71.8 Å². The molecule has 0 bridgehead atoms. The molecule has 1 aliphatic carbocycles. The van der Waals surface area contributed by atoms with Crippen LogP contribution in [0.2, 0.25) is 0 Å². The number of urea groups is 1. The molecule has 0 atom stereocenters. The molecule has 2 aromatic carbocycles. The van der Waals surface area contributed by atoms with Crippen LogP contribution in [-0.2, 0) is 13.1 Å². The molecule has 2 N–H and O–H groups in total. The lowest BCUT2D eigenvalue weighted by atomic mass is 10.0. The van der Waals surface area contributed by atoms with E-state index in [9.17, 15) is 4.79 Å². The minimum atomic E-state index is -0.195. The molecule has 5 nitrogen and oxygen atoms in total. The summed E-state index contributed by atoms with van der Waals surface area (Å²) in [5.41, 5.74) is 3.03. The molecule has 3 aromatic rings. The highest BCUT2D eigenvalue weighted by atomic mass is 16.2. The molecule has 1 aromatic heterocycles. The van der Waals surface area contributed by atoms with Gasteiger partial charge >= 0.3 is 6.03 Å². The van der Waals surface area contributed by atoms with Gasteiger partial charge in [-0.05, 0) is 35.2 Å². The minimum absolute atomic E-state index is 0.195. The number of carbonyl (C=O) groups excluding carboxylic acids is 1. The zero-order valence-corrected chi connectivity index (χ0v) is 13.9. The van der Waals surface area contributed by atoms with Crippen LogP contribution in [0.15, 0.2) is 54.9 Å². The number of rotatable bonds is 5.